The molecule has 7 nitrogen and oxygen atoms in total. The molecule has 0 bridgehead atoms. The minimum Gasteiger partial charge on any atom is -0.334 e. The highest BCUT2D eigenvalue weighted by Gasteiger charge is 2.34. The molecule has 2 N–H and O–H groups in total. The monoisotopic (exact) mass is 411 g/mol. The Morgan fingerprint density at radius 3 is 2.17 bits per heavy atom. The Labute approximate surface area is 159 Å². The second-order valence-corrected chi connectivity index (χ2v) is 5.59. The molecule has 0 radical (unpaired) electrons. The third-order valence-electron chi connectivity index (χ3n) is 3.67. The summed E-state index contributed by atoms with van der Waals surface area (Å²) in [5.41, 5.74) is -2.86. The summed E-state index contributed by atoms with van der Waals surface area (Å²) in [6.45, 7) is 0. The van der Waals surface area contributed by atoms with Crippen LogP contribution in [0.4, 0.5) is 50.6 Å². The molecule has 3 aromatic rings. The topological polar surface area (TPSA) is 93.0 Å². The Kier molecular flexibility index (Phi) is 5.26. The number of hydrogen-bond donors (Lipinski definition) is 2. The van der Waals surface area contributed by atoms with Crippen LogP contribution in [-0.4, -0.2) is 14.9 Å². The number of rotatable bonds is 5. The van der Waals surface area contributed by atoms with E-state index in [9.17, 15) is 32.1 Å². The van der Waals surface area contributed by atoms with Crippen molar-refractivity contribution in [2.24, 2.45) is 0 Å². The molecule has 12 heteroatoms. The fraction of sp³-hybridized carbons (Fsp3) is 0.0588. The van der Waals surface area contributed by atoms with Gasteiger partial charge >= 0.3 is 11.9 Å². The molecule has 0 saturated carbocycles. The van der Waals surface area contributed by atoms with Crippen LogP contribution in [0.3, 0.4) is 0 Å². The molecule has 0 aliphatic heterocycles. The van der Waals surface area contributed by atoms with E-state index in [4.69, 9.17) is 0 Å². The summed E-state index contributed by atoms with van der Waals surface area (Å²) in [5.74, 6) is -2.85. The van der Waals surface area contributed by atoms with Gasteiger partial charge in [0.05, 0.1) is 21.9 Å². The summed E-state index contributed by atoms with van der Waals surface area (Å²) in [6.07, 6.45) is -3.90. The molecular weight excluding hydrogens is 401 g/mol. The van der Waals surface area contributed by atoms with Crippen LogP contribution in [0.25, 0.3) is 0 Å². The van der Waals surface area contributed by atoms with Crippen molar-refractivity contribution in [3.8, 4) is 0 Å². The van der Waals surface area contributed by atoms with Crippen LogP contribution in [0.5, 0.6) is 0 Å². The molecule has 0 fully saturated rings. The molecule has 0 unspecified atom stereocenters. The number of nitro groups is 1. The third-order valence-corrected chi connectivity index (χ3v) is 3.67. The Morgan fingerprint density at radius 1 is 0.931 bits per heavy atom. The number of benzene rings is 2. The number of nitrogens with one attached hydrogen (secondary N) is 2. The van der Waals surface area contributed by atoms with Crippen LogP contribution in [-0.2, 0) is 6.18 Å². The van der Waals surface area contributed by atoms with E-state index in [1.807, 2.05) is 0 Å². The standard InChI is InChI=1S/C17H10F5N5O2/c18-9-5-6-11(19)13(7-9)26-16-14(27(28)29)15(23-8-24-16)25-12-4-2-1-3-10(12)17(20,21)22/h1-8H,(H2,23,24,25,26). The van der Waals surface area contributed by atoms with Crippen LogP contribution in [0.1, 0.15) is 5.56 Å². The fourth-order valence-corrected chi connectivity index (χ4v) is 2.42. The number of alkyl halides is 3. The maximum atomic E-state index is 13.8. The molecule has 0 spiro atoms. The Bertz CT molecular complexity index is 1070. The lowest BCUT2D eigenvalue weighted by atomic mass is 10.1. The van der Waals surface area contributed by atoms with E-state index in [0.29, 0.717) is 0 Å². The number of halogens is 5. The average Bonchev–Trinajstić information content (AvgIpc) is 2.64. The van der Waals surface area contributed by atoms with Crippen LogP contribution < -0.4 is 10.6 Å². The lowest BCUT2D eigenvalue weighted by Crippen LogP contribution is -2.11. The maximum absolute atomic E-state index is 13.8. The SMILES string of the molecule is O=[N+]([O-])c1c(Nc2cc(F)ccc2F)ncnc1Nc1ccccc1C(F)(F)F. The van der Waals surface area contributed by atoms with Crippen molar-refractivity contribution < 1.29 is 26.9 Å². The van der Waals surface area contributed by atoms with E-state index in [1.54, 1.807) is 0 Å². The molecule has 1 aromatic heterocycles. The Balaban J connectivity index is 2.05. The molecule has 29 heavy (non-hydrogen) atoms. The number of anilines is 4. The summed E-state index contributed by atoms with van der Waals surface area (Å²) >= 11 is 0. The highest BCUT2D eigenvalue weighted by atomic mass is 19.4. The van der Waals surface area contributed by atoms with Crippen LogP contribution >= 0.6 is 0 Å². The average molecular weight is 411 g/mol. The van der Waals surface area contributed by atoms with E-state index in [2.05, 4.69) is 20.6 Å². The molecule has 0 amide bonds. The van der Waals surface area contributed by atoms with Gasteiger partial charge in [-0.2, -0.15) is 13.2 Å². The van der Waals surface area contributed by atoms with Gasteiger partial charge in [-0.3, -0.25) is 10.1 Å². The van der Waals surface area contributed by atoms with Gasteiger partial charge in [-0.25, -0.2) is 18.7 Å². The second kappa shape index (κ2) is 7.66. The first-order valence-corrected chi connectivity index (χ1v) is 7.81. The van der Waals surface area contributed by atoms with E-state index in [0.717, 1.165) is 42.7 Å². The summed E-state index contributed by atoms with van der Waals surface area (Å²) in [4.78, 5) is 17.8. The van der Waals surface area contributed by atoms with Crippen molar-refractivity contribution in [3.63, 3.8) is 0 Å². The van der Waals surface area contributed by atoms with E-state index < -0.39 is 57.0 Å². The summed E-state index contributed by atoms with van der Waals surface area (Å²) in [5, 5.41) is 16.0. The number of aromatic nitrogens is 2. The van der Waals surface area contributed by atoms with Crippen molar-refractivity contribution in [3.05, 3.63) is 76.1 Å². The highest BCUT2D eigenvalue weighted by Crippen LogP contribution is 2.38. The van der Waals surface area contributed by atoms with Crippen molar-refractivity contribution >= 4 is 28.7 Å². The smallest absolute Gasteiger partial charge is 0.334 e. The predicted molar refractivity (Wildman–Crippen MR) is 93.1 cm³/mol. The first-order chi connectivity index (χ1) is 13.7. The Morgan fingerprint density at radius 2 is 1.55 bits per heavy atom. The number of para-hydroxylation sites is 1. The molecule has 0 atom stereocenters. The molecule has 2 aromatic carbocycles. The van der Waals surface area contributed by atoms with Crippen molar-refractivity contribution in [2.45, 2.75) is 6.18 Å². The van der Waals surface area contributed by atoms with Gasteiger partial charge in [-0.05, 0) is 24.3 Å². The fourth-order valence-electron chi connectivity index (χ4n) is 2.42. The molecule has 0 aliphatic carbocycles. The lowest BCUT2D eigenvalue weighted by Gasteiger charge is -2.14. The van der Waals surface area contributed by atoms with Crippen molar-refractivity contribution in [2.75, 3.05) is 10.6 Å². The molecular formula is C17H10F5N5O2. The van der Waals surface area contributed by atoms with Gasteiger partial charge in [0.1, 0.15) is 18.0 Å². The van der Waals surface area contributed by atoms with E-state index in [1.165, 1.54) is 6.07 Å². The molecule has 150 valence electrons. The summed E-state index contributed by atoms with van der Waals surface area (Å²) in [6, 6.07) is 6.69. The number of hydrogen-bond acceptors (Lipinski definition) is 6. The van der Waals surface area contributed by atoms with Gasteiger partial charge in [0, 0.05) is 6.07 Å². The van der Waals surface area contributed by atoms with Gasteiger partial charge in [0.2, 0.25) is 11.6 Å². The first kappa shape index (κ1) is 19.9. The zero-order chi connectivity index (χ0) is 21.2. The normalized spacial score (nSPS) is 11.2. The van der Waals surface area contributed by atoms with Crippen LogP contribution in [0.15, 0.2) is 48.8 Å². The van der Waals surface area contributed by atoms with Crippen LogP contribution in [0, 0.1) is 21.7 Å². The maximum Gasteiger partial charge on any atom is 0.418 e. The predicted octanol–water partition coefficient (Wildman–Crippen LogP) is 5.17. The van der Waals surface area contributed by atoms with Gasteiger partial charge in [0.15, 0.2) is 0 Å². The summed E-state index contributed by atoms with van der Waals surface area (Å²) < 4.78 is 66.7. The lowest BCUT2D eigenvalue weighted by molar-refractivity contribution is -0.383. The van der Waals surface area contributed by atoms with Gasteiger partial charge in [-0.15, -0.1) is 0 Å². The van der Waals surface area contributed by atoms with Crippen molar-refractivity contribution in [1.29, 1.82) is 0 Å². The second-order valence-electron chi connectivity index (χ2n) is 5.59. The molecule has 0 saturated heterocycles. The van der Waals surface area contributed by atoms with Gasteiger partial charge < -0.3 is 10.6 Å². The van der Waals surface area contributed by atoms with Crippen LogP contribution in [0.2, 0.25) is 0 Å². The largest absolute Gasteiger partial charge is 0.418 e. The van der Waals surface area contributed by atoms with E-state index >= 15 is 0 Å². The quantitative estimate of drug-likeness (QED) is 0.342. The van der Waals surface area contributed by atoms with Gasteiger partial charge in [0.25, 0.3) is 0 Å². The Hall–Kier alpha value is -3.83. The highest BCUT2D eigenvalue weighted by molar-refractivity contribution is 5.77. The summed E-state index contributed by atoms with van der Waals surface area (Å²) in [7, 11) is 0. The minimum atomic E-state index is -4.73. The molecule has 0 aliphatic rings. The first-order valence-electron chi connectivity index (χ1n) is 7.81. The third kappa shape index (κ3) is 4.36. The van der Waals surface area contributed by atoms with Crippen molar-refractivity contribution in [1.82, 2.24) is 9.97 Å². The number of nitrogens with zero attached hydrogens (tertiary/aromatic N) is 3. The minimum absolute atomic E-state index is 0.451. The van der Waals surface area contributed by atoms with Gasteiger partial charge in [-0.1, -0.05) is 12.1 Å². The zero-order valence-corrected chi connectivity index (χ0v) is 14.2. The van der Waals surface area contributed by atoms with E-state index in [-0.39, 0.29) is 0 Å². The molecule has 3 rings (SSSR count). The zero-order valence-electron chi connectivity index (χ0n) is 14.2. The molecule has 1 heterocycles.